The highest BCUT2D eigenvalue weighted by atomic mass is 79.9. The van der Waals surface area contributed by atoms with Gasteiger partial charge in [0.25, 0.3) is 5.91 Å². The van der Waals surface area contributed by atoms with Crippen LogP contribution >= 0.6 is 43.6 Å². The number of nitriles is 1. The summed E-state index contributed by atoms with van der Waals surface area (Å²) in [6.45, 7) is 2.54. The summed E-state index contributed by atoms with van der Waals surface area (Å²) in [5, 5.41) is 18.9. The maximum atomic E-state index is 13.0. The molecular formula is C27H19Br2N3O4S. The van der Waals surface area contributed by atoms with Crippen LogP contribution in [0.1, 0.15) is 34.0 Å². The minimum absolute atomic E-state index is 0.158. The third kappa shape index (κ3) is 6.13. The molecular weight excluding hydrogens is 622 g/mol. The number of aliphatic imine (C=N–C) groups is 1. The van der Waals surface area contributed by atoms with Crippen molar-refractivity contribution in [3.05, 3.63) is 96.8 Å². The average molecular weight is 641 g/mol. The topological polar surface area (TPSA) is 103 Å². The molecule has 0 unspecified atom stereocenters. The molecule has 1 aliphatic heterocycles. The molecule has 1 amide bonds. The lowest BCUT2D eigenvalue weighted by Crippen LogP contribution is -2.28. The molecule has 3 aromatic carbocycles. The Hall–Kier alpha value is -3.39. The molecule has 0 bridgehead atoms. The fourth-order valence-corrected chi connectivity index (χ4v) is 6.03. The van der Waals surface area contributed by atoms with Crippen LogP contribution < -0.4 is 4.74 Å². The summed E-state index contributed by atoms with van der Waals surface area (Å²) in [5.74, 6) is -0.581. The van der Waals surface area contributed by atoms with Gasteiger partial charge in [-0.2, -0.15) is 5.26 Å². The van der Waals surface area contributed by atoms with Crippen molar-refractivity contribution >= 4 is 72.4 Å². The first-order valence-corrected chi connectivity index (χ1v) is 13.4. The van der Waals surface area contributed by atoms with Gasteiger partial charge in [-0.15, -0.1) is 0 Å². The van der Waals surface area contributed by atoms with Gasteiger partial charge in [0, 0.05) is 12.1 Å². The van der Waals surface area contributed by atoms with Gasteiger partial charge in [-0.05, 0) is 105 Å². The van der Waals surface area contributed by atoms with E-state index in [1.807, 2.05) is 37.3 Å². The Bertz CT molecular complexity index is 1460. The fraction of sp³-hybridized carbons (Fsp3) is 0.111. The van der Waals surface area contributed by atoms with Gasteiger partial charge in [0.15, 0.2) is 5.17 Å². The standard InChI is InChI=1S/C27H19Br2N3O4S/c1-2-32-25(33)23(37-27(32)31-20-9-7-17(8-10-20)26(34)35)13-16-11-21(28)24(22(29)12-16)36-15-19-6-4-3-5-18(19)14-30/h3-13H,2,15H2,1H3,(H,34,35)/b23-13-,31-27?. The molecule has 10 heteroatoms. The number of aromatic carboxylic acids is 1. The van der Waals surface area contributed by atoms with Gasteiger partial charge < -0.3 is 9.84 Å². The number of carboxylic acids is 1. The Kier molecular flexibility index (Phi) is 8.48. The molecule has 0 radical (unpaired) electrons. The SMILES string of the molecule is CCN1C(=O)/C(=C/c2cc(Br)c(OCc3ccccc3C#N)c(Br)c2)SC1=Nc1ccc(C(=O)O)cc1. The highest BCUT2D eigenvalue weighted by Crippen LogP contribution is 2.38. The van der Waals surface area contributed by atoms with E-state index in [-0.39, 0.29) is 18.1 Å². The molecule has 0 saturated carbocycles. The predicted octanol–water partition coefficient (Wildman–Crippen LogP) is 6.98. The first-order valence-electron chi connectivity index (χ1n) is 11.0. The Morgan fingerprint density at radius 2 is 1.84 bits per heavy atom. The van der Waals surface area contributed by atoms with Crippen LogP contribution in [-0.2, 0) is 11.4 Å². The first-order chi connectivity index (χ1) is 17.8. The molecule has 37 heavy (non-hydrogen) atoms. The quantitative estimate of drug-likeness (QED) is 0.279. The number of thioether (sulfide) groups is 1. The number of carbonyl (C=O) groups is 2. The van der Waals surface area contributed by atoms with Gasteiger partial charge in [-0.1, -0.05) is 18.2 Å². The zero-order valence-electron chi connectivity index (χ0n) is 19.4. The molecule has 3 aromatic rings. The summed E-state index contributed by atoms with van der Waals surface area (Å²) >= 11 is 8.36. The monoisotopic (exact) mass is 639 g/mol. The molecule has 1 N–H and O–H groups in total. The zero-order valence-corrected chi connectivity index (χ0v) is 23.4. The smallest absolute Gasteiger partial charge is 0.335 e. The Morgan fingerprint density at radius 3 is 2.46 bits per heavy atom. The van der Waals surface area contributed by atoms with E-state index >= 15 is 0 Å². The van der Waals surface area contributed by atoms with E-state index in [1.54, 1.807) is 29.2 Å². The fourth-order valence-electron chi connectivity index (χ4n) is 3.52. The number of rotatable bonds is 7. The summed E-state index contributed by atoms with van der Waals surface area (Å²) in [5.41, 5.74) is 2.85. The number of amides is 1. The van der Waals surface area contributed by atoms with Gasteiger partial charge in [-0.3, -0.25) is 9.69 Å². The van der Waals surface area contributed by atoms with E-state index in [0.717, 1.165) is 11.1 Å². The van der Waals surface area contributed by atoms with E-state index in [4.69, 9.17) is 9.84 Å². The summed E-state index contributed by atoms with van der Waals surface area (Å²) in [4.78, 5) is 30.8. The van der Waals surface area contributed by atoms with E-state index in [2.05, 4.69) is 42.9 Å². The van der Waals surface area contributed by atoms with Crippen LogP contribution in [0.25, 0.3) is 6.08 Å². The average Bonchev–Trinajstić information content (AvgIpc) is 3.17. The van der Waals surface area contributed by atoms with Gasteiger partial charge >= 0.3 is 5.97 Å². The maximum Gasteiger partial charge on any atom is 0.335 e. The first kappa shape index (κ1) is 26.7. The van der Waals surface area contributed by atoms with Crippen molar-refractivity contribution in [1.82, 2.24) is 4.90 Å². The summed E-state index contributed by atoms with van der Waals surface area (Å²) < 4.78 is 7.37. The van der Waals surface area contributed by atoms with Gasteiger partial charge in [0.1, 0.15) is 12.4 Å². The molecule has 4 rings (SSSR count). The van der Waals surface area contributed by atoms with Crippen LogP contribution in [0.4, 0.5) is 5.69 Å². The van der Waals surface area contributed by atoms with Crippen LogP contribution in [0.3, 0.4) is 0 Å². The maximum absolute atomic E-state index is 13.0. The van der Waals surface area contributed by atoms with Gasteiger partial charge in [0.2, 0.25) is 0 Å². The second-order valence-corrected chi connectivity index (χ2v) is 10.5. The number of carbonyl (C=O) groups excluding carboxylic acids is 1. The van der Waals surface area contributed by atoms with E-state index in [9.17, 15) is 14.9 Å². The Labute approximate surface area is 234 Å². The number of amidine groups is 1. The van der Waals surface area contributed by atoms with Crippen molar-refractivity contribution in [3.8, 4) is 11.8 Å². The molecule has 1 aliphatic rings. The highest BCUT2D eigenvalue weighted by Gasteiger charge is 2.32. The van der Waals surface area contributed by atoms with Crippen LogP contribution in [0.15, 0.2) is 79.5 Å². The number of ether oxygens (including phenoxy) is 1. The van der Waals surface area contributed by atoms with Crippen LogP contribution in [0.2, 0.25) is 0 Å². The Morgan fingerprint density at radius 1 is 1.16 bits per heavy atom. The number of halogens is 2. The molecule has 0 aliphatic carbocycles. The van der Waals surface area contributed by atoms with Crippen molar-refractivity contribution in [2.24, 2.45) is 4.99 Å². The summed E-state index contributed by atoms with van der Waals surface area (Å²) in [6.07, 6.45) is 1.79. The number of nitrogens with zero attached hydrogens (tertiary/aromatic N) is 3. The second kappa shape index (κ2) is 11.8. The number of likely N-dealkylation sites (N-methyl/N-ethyl adjacent to an activating group) is 1. The number of carboxylic acid groups (broad SMARTS) is 1. The minimum Gasteiger partial charge on any atom is -0.486 e. The minimum atomic E-state index is -1.01. The third-order valence-electron chi connectivity index (χ3n) is 5.37. The largest absolute Gasteiger partial charge is 0.486 e. The lowest BCUT2D eigenvalue weighted by molar-refractivity contribution is -0.122. The van der Waals surface area contributed by atoms with E-state index in [0.29, 0.717) is 42.6 Å². The molecule has 186 valence electrons. The molecule has 1 heterocycles. The molecule has 1 saturated heterocycles. The van der Waals surface area contributed by atoms with E-state index < -0.39 is 5.97 Å². The van der Waals surface area contributed by atoms with Crippen molar-refractivity contribution in [2.75, 3.05) is 6.54 Å². The Balaban J connectivity index is 1.56. The van der Waals surface area contributed by atoms with Crippen LogP contribution in [-0.4, -0.2) is 33.6 Å². The van der Waals surface area contributed by atoms with Gasteiger partial charge in [0.05, 0.1) is 36.7 Å². The number of hydrogen-bond acceptors (Lipinski definition) is 6. The summed E-state index contributed by atoms with van der Waals surface area (Å²) in [6, 6.07) is 19.3. The van der Waals surface area contributed by atoms with Crippen molar-refractivity contribution in [2.45, 2.75) is 13.5 Å². The van der Waals surface area contributed by atoms with Crippen LogP contribution in [0, 0.1) is 11.3 Å². The number of benzene rings is 3. The number of hydrogen-bond donors (Lipinski definition) is 1. The van der Waals surface area contributed by atoms with Crippen molar-refractivity contribution in [3.63, 3.8) is 0 Å². The predicted molar refractivity (Wildman–Crippen MR) is 151 cm³/mol. The lowest BCUT2D eigenvalue weighted by atomic mass is 10.1. The molecule has 0 spiro atoms. The molecule has 1 fully saturated rings. The molecule has 0 atom stereocenters. The van der Waals surface area contributed by atoms with Crippen molar-refractivity contribution in [1.29, 1.82) is 5.26 Å². The summed E-state index contributed by atoms with van der Waals surface area (Å²) in [7, 11) is 0. The van der Waals surface area contributed by atoms with Crippen molar-refractivity contribution < 1.29 is 19.4 Å². The van der Waals surface area contributed by atoms with Gasteiger partial charge in [-0.25, -0.2) is 9.79 Å². The lowest BCUT2D eigenvalue weighted by Gasteiger charge is -2.12. The zero-order chi connectivity index (χ0) is 26.5. The normalized spacial score (nSPS) is 15.3. The highest BCUT2D eigenvalue weighted by molar-refractivity contribution is 9.11. The van der Waals surface area contributed by atoms with E-state index in [1.165, 1.54) is 23.9 Å². The molecule has 7 nitrogen and oxygen atoms in total. The molecule has 0 aromatic heterocycles. The third-order valence-corrected chi connectivity index (χ3v) is 7.56. The van der Waals surface area contributed by atoms with Crippen LogP contribution in [0.5, 0.6) is 5.75 Å². The second-order valence-electron chi connectivity index (χ2n) is 7.78.